The second-order valence-corrected chi connectivity index (χ2v) is 7.19. The maximum atomic E-state index is 12.6. The number of hydrogen-bond donors (Lipinski definition) is 2. The summed E-state index contributed by atoms with van der Waals surface area (Å²) < 4.78 is 5.72. The normalized spacial score (nSPS) is 20.4. The van der Waals surface area contributed by atoms with Crippen molar-refractivity contribution in [1.82, 2.24) is 15.2 Å². The molecule has 27 heavy (non-hydrogen) atoms. The SMILES string of the molecule is Cc1cc(CN2C[C@H](C(=O)O)C[C@H](C(=O)NCc3ccncc3)C2)oc1C. The summed E-state index contributed by atoms with van der Waals surface area (Å²) in [5.74, 6) is -0.241. The first-order chi connectivity index (χ1) is 12.9. The third kappa shape index (κ3) is 4.95. The Labute approximate surface area is 158 Å². The average molecular weight is 371 g/mol. The monoisotopic (exact) mass is 371 g/mol. The second kappa shape index (κ2) is 8.35. The van der Waals surface area contributed by atoms with Crippen molar-refractivity contribution >= 4 is 11.9 Å². The van der Waals surface area contributed by atoms with Gasteiger partial charge in [0.1, 0.15) is 11.5 Å². The lowest BCUT2D eigenvalue weighted by Gasteiger charge is -2.35. The Morgan fingerprint density at radius 1 is 1.26 bits per heavy atom. The highest BCUT2D eigenvalue weighted by atomic mass is 16.4. The van der Waals surface area contributed by atoms with Gasteiger partial charge in [-0.3, -0.25) is 19.5 Å². The number of carbonyl (C=O) groups is 2. The summed E-state index contributed by atoms with van der Waals surface area (Å²) in [6.45, 7) is 5.74. The predicted molar refractivity (Wildman–Crippen MR) is 98.8 cm³/mol. The van der Waals surface area contributed by atoms with Crippen molar-refractivity contribution in [2.75, 3.05) is 13.1 Å². The van der Waals surface area contributed by atoms with Gasteiger partial charge in [0.15, 0.2) is 0 Å². The minimum atomic E-state index is -0.863. The Hall–Kier alpha value is -2.67. The molecule has 2 aromatic rings. The Balaban J connectivity index is 1.64. The number of piperidine rings is 1. The summed E-state index contributed by atoms with van der Waals surface area (Å²) in [5, 5.41) is 12.4. The lowest BCUT2D eigenvalue weighted by Crippen LogP contribution is -2.47. The van der Waals surface area contributed by atoms with Crippen molar-refractivity contribution in [3.63, 3.8) is 0 Å². The van der Waals surface area contributed by atoms with E-state index >= 15 is 0 Å². The Morgan fingerprint density at radius 2 is 1.96 bits per heavy atom. The second-order valence-electron chi connectivity index (χ2n) is 7.19. The fraction of sp³-hybridized carbons (Fsp3) is 0.450. The van der Waals surface area contributed by atoms with Gasteiger partial charge < -0.3 is 14.8 Å². The molecule has 1 amide bonds. The zero-order valence-electron chi connectivity index (χ0n) is 15.6. The molecule has 3 heterocycles. The van der Waals surface area contributed by atoms with E-state index in [4.69, 9.17) is 4.42 Å². The average Bonchev–Trinajstić information content (AvgIpc) is 2.97. The molecule has 0 aliphatic carbocycles. The van der Waals surface area contributed by atoms with E-state index in [1.54, 1.807) is 12.4 Å². The molecule has 3 rings (SSSR count). The van der Waals surface area contributed by atoms with Gasteiger partial charge in [-0.15, -0.1) is 0 Å². The van der Waals surface area contributed by atoms with Crippen LogP contribution in [0.25, 0.3) is 0 Å². The number of amides is 1. The summed E-state index contributed by atoms with van der Waals surface area (Å²) in [7, 11) is 0. The van der Waals surface area contributed by atoms with Crippen molar-refractivity contribution in [2.24, 2.45) is 11.8 Å². The van der Waals surface area contributed by atoms with E-state index in [1.807, 2.05) is 36.9 Å². The van der Waals surface area contributed by atoms with Gasteiger partial charge in [-0.1, -0.05) is 0 Å². The third-order valence-electron chi connectivity index (χ3n) is 5.06. The minimum Gasteiger partial charge on any atom is -0.481 e. The lowest BCUT2D eigenvalue weighted by molar-refractivity contribution is -0.145. The van der Waals surface area contributed by atoms with Crippen LogP contribution in [0.2, 0.25) is 0 Å². The number of carbonyl (C=O) groups excluding carboxylic acids is 1. The number of aryl methyl sites for hydroxylation is 2. The van der Waals surface area contributed by atoms with E-state index < -0.39 is 11.9 Å². The number of carboxylic acids is 1. The molecule has 0 unspecified atom stereocenters. The van der Waals surface area contributed by atoms with Crippen molar-refractivity contribution < 1.29 is 19.1 Å². The first-order valence-corrected chi connectivity index (χ1v) is 9.10. The van der Waals surface area contributed by atoms with Crippen LogP contribution in [0.15, 0.2) is 35.0 Å². The van der Waals surface area contributed by atoms with Crippen LogP contribution in [0, 0.1) is 25.7 Å². The van der Waals surface area contributed by atoms with Gasteiger partial charge in [0, 0.05) is 32.0 Å². The number of aliphatic carboxylic acids is 1. The van der Waals surface area contributed by atoms with Crippen LogP contribution in [0.1, 0.15) is 29.1 Å². The van der Waals surface area contributed by atoms with Gasteiger partial charge in [0.05, 0.1) is 18.4 Å². The molecule has 1 saturated heterocycles. The Morgan fingerprint density at radius 3 is 2.59 bits per heavy atom. The zero-order chi connectivity index (χ0) is 19.4. The quantitative estimate of drug-likeness (QED) is 0.808. The van der Waals surface area contributed by atoms with Crippen LogP contribution in [0.3, 0.4) is 0 Å². The maximum Gasteiger partial charge on any atom is 0.307 e. The van der Waals surface area contributed by atoms with Crippen molar-refractivity contribution in [2.45, 2.75) is 33.4 Å². The number of furan rings is 1. The number of rotatable bonds is 6. The highest BCUT2D eigenvalue weighted by Crippen LogP contribution is 2.25. The molecule has 1 aliphatic rings. The number of pyridine rings is 1. The highest BCUT2D eigenvalue weighted by molar-refractivity contribution is 5.80. The molecular weight excluding hydrogens is 346 g/mol. The van der Waals surface area contributed by atoms with Gasteiger partial charge >= 0.3 is 5.97 Å². The van der Waals surface area contributed by atoms with Crippen LogP contribution in [0.5, 0.6) is 0 Å². The zero-order valence-corrected chi connectivity index (χ0v) is 15.6. The van der Waals surface area contributed by atoms with Gasteiger partial charge in [0.25, 0.3) is 0 Å². The van der Waals surface area contributed by atoms with Crippen LogP contribution in [-0.4, -0.2) is 40.0 Å². The predicted octanol–water partition coefficient (Wildman–Crippen LogP) is 2.13. The standard InChI is InChI=1S/C20H25N3O4/c1-13-7-18(27-14(13)2)12-23-10-16(8-17(11-23)20(25)26)19(24)22-9-15-3-5-21-6-4-15/h3-7,16-17H,8-12H2,1-2H3,(H,22,24)(H,25,26)/t16-,17+/m0/s1. The molecule has 0 bridgehead atoms. The van der Waals surface area contributed by atoms with E-state index in [-0.39, 0.29) is 11.8 Å². The van der Waals surface area contributed by atoms with E-state index in [2.05, 4.69) is 10.3 Å². The van der Waals surface area contributed by atoms with E-state index in [1.165, 1.54) is 0 Å². The summed E-state index contributed by atoms with van der Waals surface area (Å²) in [5.41, 5.74) is 2.03. The minimum absolute atomic E-state index is 0.116. The smallest absolute Gasteiger partial charge is 0.307 e. The number of nitrogens with one attached hydrogen (secondary N) is 1. The van der Waals surface area contributed by atoms with Crippen LogP contribution in [0.4, 0.5) is 0 Å². The lowest BCUT2D eigenvalue weighted by atomic mass is 9.88. The van der Waals surface area contributed by atoms with E-state index in [9.17, 15) is 14.7 Å². The number of carboxylic acid groups (broad SMARTS) is 1. The Bertz CT molecular complexity index is 783. The van der Waals surface area contributed by atoms with Gasteiger partial charge in [-0.2, -0.15) is 0 Å². The number of aromatic nitrogens is 1. The molecular formula is C20H25N3O4. The van der Waals surface area contributed by atoms with Gasteiger partial charge in [-0.25, -0.2) is 0 Å². The van der Waals surface area contributed by atoms with Gasteiger partial charge in [0.2, 0.25) is 5.91 Å². The molecule has 7 heteroatoms. The summed E-state index contributed by atoms with van der Waals surface area (Å²) in [6, 6.07) is 5.66. The van der Waals surface area contributed by atoms with Gasteiger partial charge in [-0.05, 0) is 49.6 Å². The summed E-state index contributed by atoms with van der Waals surface area (Å²) in [4.78, 5) is 30.1. The van der Waals surface area contributed by atoms with Crippen LogP contribution < -0.4 is 5.32 Å². The molecule has 1 aliphatic heterocycles. The first kappa shape index (κ1) is 19.1. The molecule has 0 saturated carbocycles. The fourth-order valence-corrected chi connectivity index (χ4v) is 3.47. The largest absolute Gasteiger partial charge is 0.481 e. The van der Waals surface area contributed by atoms with Crippen LogP contribution in [-0.2, 0) is 22.7 Å². The van der Waals surface area contributed by atoms with Crippen molar-refractivity contribution in [3.05, 3.63) is 53.2 Å². The van der Waals surface area contributed by atoms with Crippen molar-refractivity contribution in [3.8, 4) is 0 Å². The maximum absolute atomic E-state index is 12.6. The summed E-state index contributed by atoms with van der Waals surface area (Å²) >= 11 is 0. The van der Waals surface area contributed by atoms with Crippen LogP contribution >= 0.6 is 0 Å². The molecule has 0 spiro atoms. The molecule has 7 nitrogen and oxygen atoms in total. The fourth-order valence-electron chi connectivity index (χ4n) is 3.47. The number of hydrogen-bond acceptors (Lipinski definition) is 5. The molecule has 1 fully saturated rings. The van der Waals surface area contributed by atoms with E-state index in [0.717, 1.165) is 22.6 Å². The number of likely N-dealkylation sites (tertiary alicyclic amines) is 1. The first-order valence-electron chi connectivity index (χ1n) is 9.10. The molecule has 2 aromatic heterocycles. The number of nitrogens with zero attached hydrogens (tertiary/aromatic N) is 2. The van der Waals surface area contributed by atoms with E-state index in [0.29, 0.717) is 32.6 Å². The van der Waals surface area contributed by atoms with Crippen molar-refractivity contribution in [1.29, 1.82) is 0 Å². The molecule has 144 valence electrons. The molecule has 0 radical (unpaired) electrons. The highest BCUT2D eigenvalue weighted by Gasteiger charge is 2.35. The molecule has 2 N–H and O–H groups in total. The third-order valence-corrected chi connectivity index (χ3v) is 5.06. The topological polar surface area (TPSA) is 95.7 Å². The molecule has 2 atom stereocenters. The summed E-state index contributed by atoms with van der Waals surface area (Å²) in [6.07, 6.45) is 3.71. The Kier molecular flexibility index (Phi) is 5.91. The molecule has 0 aromatic carbocycles.